The standard InChI is InChI=1S/C22H29N3O5/c1-29-10-9-23-21(27)18-11-16-12-24(22(28)15-3-4-15)13-19(26)25(16)20(18)14-5-7-17(30-2)8-6-14/h5-8,15-16,18,20H,3-4,9-13H2,1-2H3,(H,23,27)/t16-,18?,20?/m1/s1. The van der Waals surface area contributed by atoms with Crippen LogP contribution in [0.15, 0.2) is 24.3 Å². The van der Waals surface area contributed by atoms with Crippen molar-refractivity contribution in [2.75, 3.05) is 40.5 Å². The Morgan fingerprint density at radius 3 is 2.53 bits per heavy atom. The van der Waals surface area contributed by atoms with E-state index in [1.807, 2.05) is 29.2 Å². The molecule has 1 aromatic carbocycles. The van der Waals surface area contributed by atoms with Crippen LogP contribution in [0.3, 0.4) is 0 Å². The van der Waals surface area contributed by atoms with Crippen molar-refractivity contribution < 1.29 is 23.9 Å². The van der Waals surface area contributed by atoms with Crippen LogP contribution in [0.4, 0.5) is 0 Å². The third-order valence-electron chi connectivity index (χ3n) is 6.28. The highest BCUT2D eigenvalue weighted by Crippen LogP contribution is 2.44. The molecule has 3 aliphatic rings. The fourth-order valence-electron chi connectivity index (χ4n) is 4.65. The number of hydrogen-bond acceptors (Lipinski definition) is 5. The van der Waals surface area contributed by atoms with E-state index < -0.39 is 0 Å². The lowest BCUT2D eigenvalue weighted by atomic mass is 9.92. The first-order valence-corrected chi connectivity index (χ1v) is 10.5. The number of nitrogens with one attached hydrogen (secondary N) is 1. The molecular formula is C22H29N3O5. The van der Waals surface area contributed by atoms with Gasteiger partial charge >= 0.3 is 0 Å². The molecule has 8 nitrogen and oxygen atoms in total. The van der Waals surface area contributed by atoms with Crippen molar-refractivity contribution in [3.63, 3.8) is 0 Å². The molecule has 1 saturated carbocycles. The first-order chi connectivity index (χ1) is 14.5. The Hall–Kier alpha value is -2.61. The molecule has 0 bridgehead atoms. The van der Waals surface area contributed by atoms with Gasteiger partial charge in [-0.3, -0.25) is 14.4 Å². The molecule has 162 valence electrons. The van der Waals surface area contributed by atoms with Crippen molar-refractivity contribution in [1.29, 1.82) is 0 Å². The lowest BCUT2D eigenvalue weighted by molar-refractivity contribution is -0.149. The molecule has 8 heteroatoms. The van der Waals surface area contributed by atoms with Gasteiger partial charge in [-0.1, -0.05) is 12.1 Å². The normalized spacial score (nSPS) is 25.8. The zero-order chi connectivity index (χ0) is 21.3. The maximum atomic E-state index is 13.1. The average molecular weight is 415 g/mol. The molecule has 2 heterocycles. The van der Waals surface area contributed by atoms with E-state index in [0.717, 1.165) is 24.2 Å². The predicted octanol–water partition coefficient (Wildman–Crippen LogP) is 0.968. The molecule has 0 radical (unpaired) electrons. The molecule has 1 N–H and O–H groups in total. The first kappa shape index (κ1) is 20.7. The molecule has 2 saturated heterocycles. The number of methoxy groups -OCH3 is 2. The molecule has 3 fully saturated rings. The first-order valence-electron chi connectivity index (χ1n) is 10.5. The highest BCUT2D eigenvalue weighted by Gasteiger charge is 2.51. The minimum atomic E-state index is -0.375. The number of ether oxygens (including phenoxy) is 2. The van der Waals surface area contributed by atoms with Gasteiger partial charge in [-0.25, -0.2) is 0 Å². The number of carbonyl (C=O) groups is 3. The summed E-state index contributed by atoms with van der Waals surface area (Å²) >= 11 is 0. The van der Waals surface area contributed by atoms with E-state index in [9.17, 15) is 14.4 Å². The second-order valence-corrected chi connectivity index (χ2v) is 8.29. The van der Waals surface area contributed by atoms with E-state index in [2.05, 4.69) is 5.32 Å². The maximum Gasteiger partial charge on any atom is 0.243 e. The minimum absolute atomic E-state index is 0.0799. The van der Waals surface area contributed by atoms with E-state index in [1.54, 1.807) is 19.1 Å². The van der Waals surface area contributed by atoms with Gasteiger partial charge in [0.15, 0.2) is 0 Å². The molecule has 2 aliphatic heterocycles. The molecule has 1 aliphatic carbocycles. The van der Waals surface area contributed by atoms with Gasteiger partial charge in [0.25, 0.3) is 0 Å². The largest absolute Gasteiger partial charge is 0.497 e. The van der Waals surface area contributed by atoms with Gasteiger partial charge in [-0.15, -0.1) is 0 Å². The summed E-state index contributed by atoms with van der Waals surface area (Å²) in [6.07, 6.45) is 2.36. The van der Waals surface area contributed by atoms with Crippen LogP contribution < -0.4 is 10.1 Å². The summed E-state index contributed by atoms with van der Waals surface area (Å²) < 4.78 is 10.3. The highest BCUT2D eigenvalue weighted by molar-refractivity contribution is 5.90. The average Bonchev–Trinajstić information content (AvgIpc) is 3.53. The summed E-state index contributed by atoms with van der Waals surface area (Å²) in [4.78, 5) is 42.2. The Balaban J connectivity index is 1.58. The zero-order valence-corrected chi connectivity index (χ0v) is 17.5. The van der Waals surface area contributed by atoms with Crippen LogP contribution >= 0.6 is 0 Å². The van der Waals surface area contributed by atoms with E-state index in [0.29, 0.717) is 26.1 Å². The molecule has 1 aromatic rings. The van der Waals surface area contributed by atoms with Gasteiger partial charge in [-0.05, 0) is 37.0 Å². The lowest BCUT2D eigenvalue weighted by Gasteiger charge is -2.40. The monoisotopic (exact) mass is 415 g/mol. The molecule has 3 atom stereocenters. The number of amides is 3. The number of carbonyl (C=O) groups excluding carboxylic acids is 3. The summed E-state index contributed by atoms with van der Waals surface area (Å²) in [6, 6.07) is 7.01. The van der Waals surface area contributed by atoms with Crippen molar-refractivity contribution in [2.45, 2.75) is 31.3 Å². The molecule has 0 aromatic heterocycles. The predicted molar refractivity (Wildman–Crippen MR) is 109 cm³/mol. The van der Waals surface area contributed by atoms with Crippen molar-refractivity contribution in [2.24, 2.45) is 11.8 Å². The van der Waals surface area contributed by atoms with Gasteiger partial charge in [0.2, 0.25) is 17.7 Å². The van der Waals surface area contributed by atoms with Gasteiger partial charge in [0, 0.05) is 26.1 Å². The van der Waals surface area contributed by atoms with E-state index in [1.165, 1.54) is 0 Å². The summed E-state index contributed by atoms with van der Waals surface area (Å²) in [5.41, 5.74) is 0.903. The van der Waals surface area contributed by atoms with Crippen LogP contribution in [0.5, 0.6) is 5.75 Å². The maximum absolute atomic E-state index is 13.1. The van der Waals surface area contributed by atoms with Crippen molar-refractivity contribution in [3.8, 4) is 5.75 Å². The summed E-state index contributed by atoms with van der Waals surface area (Å²) in [6.45, 7) is 1.44. The Labute approximate surface area is 176 Å². The van der Waals surface area contributed by atoms with Crippen LogP contribution in [0, 0.1) is 11.8 Å². The van der Waals surface area contributed by atoms with Crippen LogP contribution in [-0.2, 0) is 19.1 Å². The summed E-state index contributed by atoms with van der Waals surface area (Å²) in [5.74, 6) is 0.331. The zero-order valence-electron chi connectivity index (χ0n) is 17.5. The number of nitrogens with zero attached hydrogens (tertiary/aromatic N) is 2. The quantitative estimate of drug-likeness (QED) is 0.671. The number of rotatable bonds is 7. The molecule has 4 rings (SSSR count). The minimum Gasteiger partial charge on any atom is -0.497 e. The third kappa shape index (κ3) is 4.01. The van der Waals surface area contributed by atoms with Crippen molar-refractivity contribution in [3.05, 3.63) is 29.8 Å². The number of benzene rings is 1. The topological polar surface area (TPSA) is 88.2 Å². The molecule has 30 heavy (non-hydrogen) atoms. The molecule has 3 amide bonds. The summed E-state index contributed by atoms with van der Waals surface area (Å²) in [5, 5.41) is 2.93. The van der Waals surface area contributed by atoms with Gasteiger partial charge in [0.1, 0.15) is 5.75 Å². The van der Waals surface area contributed by atoms with Crippen molar-refractivity contribution >= 4 is 17.7 Å². The van der Waals surface area contributed by atoms with E-state index in [4.69, 9.17) is 9.47 Å². The van der Waals surface area contributed by atoms with Gasteiger partial charge < -0.3 is 24.6 Å². The molecule has 2 unspecified atom stereocenters. The SMILES string of the molecule is COCCNC(=O)C1C[C@@H]2CN(C(=O)C3CC3)CC(=O)N2C1c1ccc(OC)cc1. The fourth-order valence-corrected chi connectivity index (χ4v) is 4.65. The Morgan fingerprint density at radius 2 is 1.90 bits per heavy atom. The number of fused-ring (bicyclic) bond motifs is 1. The van der Waals surface area contributed by atoms with Crippen LogP contribution in [0.1, 0.15) is 30.9 Å². The fraction of sp³-hybridized carbons (Fsp3) is 0.591. The van der Waals surface area contributed by atoms with Gasteiger partial charge in [0.05, 0.1) is 38.3 Å². The van der Waals surface area contributed by atoms with E-state index in [-0.39, 0.29) is 48.2 Å². The Bertz CT molecular complexity index is 807. The Kier molecular flexibility index (Phi) is 5.94. The smallest absolute Gasteiger partial charge is 0.243 e. The second-order valence-electron chi connectivity index (χ2n) is 8.29. The summed E-state index contributed by atoms with van der Waals surface area (Å²) in [7, 11) is 3.19. The van der Waals surface area contributed by atoms with E-state index >= 15 is 0 Å². The third-order valence-corrected chi connectivity index (χ3v) is 6.28. The lowest BCUT2D eigenvalue weighted by Crippen LogP contribution is -2.56. The number of hydrogen-bond donors (Lipinski definition) is 1. The molecular weight excluding hydrogens is 386 g/mol. The highest BCUT2D eigenvalue weighted by atomic mass is 16.5. The van der Waals surface area contributed by atoms with Crippen molar-refractivity contribution in [1.82, 2.24) is 15.1 Å². The Morgan fingerprint density at radius 1 is 1.17 bits per heavy atom. The second kappa shape index (κ2) is 8.63. The van der Waals surface area contributed by atoms with Crippen LogP contribution in [0.2, 0.25) is 0 Å². The molecule has 0 spiro atoms. The number of piperazine rings is 1. The van der Waals surface area contributed by atoms with Crippen LogP contribution in [0.25, 0.3) is 0 Å². The van der Waals surface area contributed by atoms with Crippen LogP contribution in [-0.4, -0.2) is 74.0 Å². The van der Waals surface area contributed by atoms with Gasteiger partial charge in [-0.2, -0.15) is 0 Å².